The first-order valence-electron chi connectivity index (χ1n) is 8.68. The number of aliphatic hydroxyl groups excluding tert-OH is 4. The lowest BCUT2D eigenvalue weighted by molar-refractivity contribution is -0.347. The largest absolute Gasteiger partial charge is 0.479 e. The van der Waals surface area contributed by atoms with Crippen LogP contribution in [-0.2, 0) is 23.7 Å². The van der Waals surface area contributed by atoms with Crippen molar-refractivity contribution < 1.29 is 49.3 Å². The van der Waals surface area contributed by atoms with Crippen molar-refractivity contribution in [2.24, 2.45) is 5.73 Å². The highest BCUT2D eigenvalue weighted by atomic mass is 16.7. The van der Waals surface area contributed by atoms with Gasteiger partial charge in [0.15, 0.2) is 18.7 Å². The summed E-state index contributed by atoms with van der Waals surface area (Å²) in [6, 6.07) is -1.21. The monoisotopic (exact) mass is 395 g/mol. The summed E-state index contributed by atoms with van der Waals surface area (Å²) >= 11 is 0. The first-order chi connectivity index (χ1) is 12.3. The Morgan fingerprint density at radius 3 is 2.07 bits per heavy atom. The summed E-state index contributed by atoms with van der Waals surface area (Å²) in [5.74, 6) is -1.45. The minimum absolute atomic E-state index is 0.771. The van der Waals surface area contributed by atoms with Crippen molar-refractivity contribution >= 4 is 5.97 Å². The third-order valence-corrected chi connectivity index (χ3v) is 4.44. The van der Waals surface area contributed by atoms with Gasteiger partial charge in [-0.15, -0.1) is 0 Å². The van der Waals surface area contributed by atoms with Crippen LogP contribution in [0.4, 0.5) is 0 Å². The fraction of sp³-hybridized carbons (Fsp3) is 0.938. The van der Waals surface area contributed by atoms with Gasteiger partial charge in [0.2, 0.25) is 0 Å². The molecule has 2 heterocycles. The zero-order valence-corrected chi connectivity index (χ0v) is 15.6. The maximum Gasteiger partial charge on any atom is 0.335 e. The highest BCUT2D eigenvalue weighted by molar-refractivity contribution is 5.73. The normalized spacial score (nSPS) is 46.3. The van der Waals surface area contributed by atoms with E-state index in [1.54, 1.807) is 20.8 Å². The van der Waals surface area contributed by atoms with Gasteiger partial charge < -0.3 is 50.2 Å². The van der Waals surface area contributed by atoms with E-state index >= 15 is 0 Å². The third-order valence-electron chi connectivity index (χ3n) is 4.44. The van der Waals surface area contributed by atoms with Gasteiger partial charge in [0.05, 0.1) is 17.7 Å². The molecule has 2 aliphatic heterocycles. The van der Waals surface area contributed by atoms with Crippen LogP contribution in [0.15, 0.2) is 0 Å². The molecule has 2 fully saturated rings. The highest BCUT2D eigenvalue weighted by Gasteiger charge is 2.52. The van der Waals surface area contributed by atoms with Crippen molar-refractivity contribution in [1.29, 1.82) is 0 Å². The molecule has 11 heteroatoms. The minimum Gasteiger partial charge on any atom is -0.479 e. The van der Waals surface area contributed by atoms with Crippen molar-refractivity contribution in [3.63, 3.8) is 0 Å². The second kappa shape index (κ2) is 8.23. The number of ether oxygens (including phenoxy) is 4. The first-order valence-corrected chi connectivity index (χ1v) is 8.68. The summed E-state index contributed by atoms with van der Waals surface area (Å²) in [5.41, 5.74) is 5.02. The summed E-state index contributed by atoms with van der Waals surface area (Å²) in [6.45, 7) is 6.50. The molecule has 158 valence electrons. The number of hydrogen-bond acceptors (Lipinski definition) is 10. The number of carboxylic acids is 1. The second-order valence-electron chi connectivity index (χ2n) is 7.84. The molecule has 7 N–H and O–H groups in total. The number of nitrogens with two attached hydrogens (primary N) is 1. The molecule has 0 aromatic carbocycles. The van der Waals surface area contributed by atoms with Crippen molar-refractivity contribution in [3.05, 3.63) is 0 Å². The van der Waals surface area contributed by atoms with Crippen LogP contribution < -0.4 is 5.73 Å². The molecule has 0 aromatic heterocycles. The van der Waals surface area contributed by atoms with Crippen LogP contribution in [0.5, 0.6) is 0 Å². The minimum atomic E-state index is -1.69. The molecule has 0 spiro atoms. The Kier molecular flexibility index (Phi) is 6.83. The van der Waals surface area contributed by atoms with Crippen LogP contribution in [0, 0.1) is 0 Å². The fourth-order valence-electron chi connectivity index (χ4n) is 2.96. The van der Waals surface area contributed by atoms with Gasteiger partial charge in [0.25, 0.3) is 0 Å². The van der Waals surface area contributed by atoms with Gasteiger partial charge in [0.1, 0.15) is 30.5 Å². The van der Waals surface area contributed by atoms with Gasteiger partial charge in [-0.05, 0) is 27.7 Å². The quantitative estimate of drug-likeness (QED) is 0.296. The van der Waals surface area contributed by atoms with Gasteiger partial charge in [-0.2, -0.15) is 0 Å². The number of carboxylic acid groups (broad SMARTS) is 1. The molecule has 0 amide bonds. The number of aliphatic carboxylic acids is 1. The van der Waals surface area contributed by atoms with Crippen LogP contribution in [-0.4, -0.2) is 98.5 Å². The lowest BCUT2D eigenvalue weighted by atomic mass is 9.96. The smallest absolute Gasteiger partial charge is 0.335 e. The standard InChI is InChI=1S/C16H29NO10/c1-5-7(18)8(19)6(17)14(24-5)25-11-9(20)10(21)15(27-16(2,3)4)26-12(11)13(22)23/h5-12,14-15,18-21H,17H2,1-4H3,(H,22,23)/t5?,6?,7-,8-,9-,10?,11+,12?,14-,15+/m1/s1. The molecule has 4 unspecified atom stereocenters. The summed E-state index contributed by atoms with van der Waals surface area (Å²) in [6.07, 6.45) is -12.8. The lowest BCUT2D eigenvalue weighted by Crippen LogP contribution is -2.66. The average molecular weight is 395 g/mol. The zero-order valence-electron chi connectivity index (χ0n) is 15.6. The second-order valence-corrected chi connectivity index (χ2v) is 7.84. The van der Waals surface area contributed by atoms with E-state index in [-0.39, 0.29) is 0 Å². The molecule has 0 aliphatic carbocycles. The van der Waals surface area contributed by atoms with E-state index < -0.39 is 72.9 Å². The highest BCUT2D eigenvalue weighted by Crippen LogP contribution is 2.30. The Hall–Kier alpha value is -0.890. The molecule has 2 rings (SSSR count). The number of carbonyl (C=O) groups is 1. The number of aliphatic hydroxyl groups is 4. The van der Waals surface area contributed by atoms with Gasteiger partial charge in [0, 0.05) is 0 Å². The van der Waals surface area contributed by atoms with E-state index in [2.05, 4.69) is 0 Å². The summed E-state index contributed by atoms with van der Waals surface area (Å²) in [4.78, 5) is 11.6. The zero-order chi connectivity index (χ0) is 20.7. The average Bonchev–Trinajstić information content (AvgIpc) is 2.55. The third kappa shape index (κ3) is 4.94. The van der Waals surface area contributed by atoms with Gasteiger partial charge in [-0.25, -0.2) is 4.79 Å². The molecule has 10 atom stereocenters. The Morgan fingerprint density at radius 1 is 0.963 bits per heavy atom. The molecule has 0 saturated carbocycles. The Balaban J connectivity index is 2.18. The topological polar surface area (TPSA) is 181 Å². The Bertz CT molecular complexity index is 526. The molecule has 11 nitrogen and oxygen atoms in total. The van der Waals surface area contributed by atoms with Crippen molar-refractivity contribution in [2.75, 3.05) is 0 Å². The Labute approximate surface area is 156 Å². The molecule has 0 aromatic rings. The molecular weight excluding hydrogens is 366 g/mol. The molecular formula is C16H29NO10. The fourth-order valence-corrected chi connectivity index (χ4v) is 2.96. The van der Waals surface area contributed by atoms with E-state index in [9.17, 15) is 30.3 Å². The van der Waals surface area contributed by atoms with E-state index in [1.807, 2.05) is 0 Å². The van der Waals surface area contributed by atoms with Crippen molar-refractivity contribution in [2.45, 2.75) is 94.6 Å². The SMILES string of the molecule is CC1O[C@H](O[C@@H]2C(C(=O)O)O[C@@H](OC(C)(C)C)C(O)[C@H]2O)C(N)[C@@H](O)[C@@H]1O. The molecule has 0 radical (unpaired) electrons. The maximum absolute atomic E-state index is 11.6. The van der Waals surface area contributed by atoms with Crippen LogP contribution >= 0.6 is 0 Å². The summed E-state index contributed by atoms with van der Waals surface area (Å²) in [5, 5.41) is 49.9. The maximum atomic E-state index is 11.6. The molecule has 0 bridgehead atoms. The van der Waals surface area contributed by atoms with Gasteiger partial charge in [-0.3, -0.25) is 0 Å². The number of hydrogen-bond donors (Lipinski definition) is 6. The van der Waals surface area contributed by atoms with Gasteiger partial charge in [-0.1, -0.05) is 0 Å². The van der Waals surface area contributed by atoms with Crippen LogP contribution in [0.2, 0.25) is 0 Å². The van der Waals surface area contributed by atoms with Crippen molar-refractivity contribution in [3.8, 4) is 0 Å². The molecule has 27 heavy (non-hydrogen) atoms. The van der Waals surface area contributed by atoms with Crippen LogP contribution in [0.1, 0.15) is 27.7 Å². The van der Waals surface area contributed by atoms with Crippen LogP contribution in [0.25, 0.3) is 0 Å². The first kappa shape index (κ1) is 22.4. The lowest BCUT2D eigenvalue weighted by Gasteiger charge is -2.46. The van der Waals surface area contributed by atoms with Crippen molar-refractivity contribution in [1.82, 2.24) is 0 Å². The molecule has 2 aliphatic rings. The molecule has 2 saturated heterocycles. The van der Waals surface area contributed by atoms with E-state index in [4.69, 9.17) is 24.7 Å². The van der Waals surface area contributed by atoms with Crippen LogP contribution in [0.3, 0.4) is 0 Å². The number of rotatable bonds is 4. The van der Waals surface area contributed by atoms with E-state index in [0.717, 1.165) is 0 Å². The van der Waals surface area contributed by atoms with E-state index in [1.165, 1.54) is 6.92 Å². The van der Waals surface area contributed by atoms with Gasteiger partial charge >= 0.3 is 5.97 Å². The Morgan fingerprint density at radius 2 is 1.56 bits per heavy atom. The predicted octanol–water partition coefficient (Wildman–Crippen LogP) is -2.49. The summed E-state index contributed by atoms with van der Waals surface area (Å²) in [7, 11) is 0. The van der Waals surface area contributed by atoms with E-state index in [0.29, 0.717) is 0 Å². The predicted molar refractivity (Wildman–Crippen MR) is 88.3 cm³/mol. The summed E-state index contributed by atoms with van der Waals surface area (Å²) < 4.78 is 21.6.